The van der Waals surface area contributed by atoms with Crippen LogP contribution in [0.3, 0.4) is 0 Å². The summed E-state index contributed by atoms with van der Waals surface area (Å²) in [7, 11) is 0. The highest BCUT2D eigenvalue weighted by Crippen LogP contribution is 2.30. The van der Waals surface area contributed by atoms with Gasteiger partial charge in [0.1, 0.15) is 58.4 Å². The zero-order chi connectivity index (χ0) is 45.7. The van der Waals surface area contributed by atoms with E-state index >= 15 is 35.1 Å². The molecule has 0 unspecified atom stereocenters. The van der Waals surface area contributed by atoms with E-state index in [0.29, 0.717) is 0 Å². The number of allylic oxidation sites excluding steroid dienone is 1. The van der Waals surface area contributed by atoms with Crippen LogP contribution in [0.25, 0.3) is 5.57 Å². The molecule has 0 amide bonds. The maximum Gasteiger partial charge on any atom is 0.200 e. The first-order valence-corrected chi connectivity index (χ1v) is 16.2. The predicted molar refractivity (Wildman–Crippen MR) is 174 cm³/mol. The van der Waals surface area contributed by atoms with Crippen LogP contribution in [0, 0.1) is 116 Å². The molecule has 0 spiro atoms. The first kappa shape index (κ1) is 45.7. The van der Waals surface area contributed by atoms with Crippen molar-refractivity contribution in [1.29, 1.82) is 0 Å². The minimum atomic E-state index is -7.22. The zero-order valence-electron chi connectivity index (χ0n) is 29.6. The Balaban J connectivity index is 0.000000366. The molecule has 0 aliphatic carbocycles. The van der Waals surface area contributed by atoms with E-state index in [2.05, 4.69) is 40.4 Å². The Bertz CT molecular complexity index is 2380. The van der Waals surface area contributed by atoms with Crippen molar-refractivity contribution in [3.8, 4) is 0 Å². The van der Waals surface area contributed by atoms with Crippen molar-refractivity contribution in [2.75, 3.05) is 0 Å². The standard InChI is InChI=1S/C24BF20.C14H15N2/c26-5-1(6(27)14(35)21(42)13(5)34)25(2-7(28)15(36)22(43)16(37)8(2)29,3-9(30)17(38)23(44)18(39)10(3)31)4-11(32)19(40)24(45)20(41)12(4)33;1-12(2)14-11-16(9-8-15-14)10-13-6-4-3-5-7-13/h;3-9,11H,1,10H2,2H3/q-1;+1. The Morgan fingerprint density at radius 1 is 0.443 bits per heavy atom. The van der Waals surface area contributed by atoms with Crippen LogP contribution in [-0.4, -0.2) is 11.1 Å². The summed E-state index contributed by atoms with van der Waals surface area (Å²) in [6.07, 6.45) is -1.41. The Labute approximate surface area is 327 Å². The fraction of sp³-hybridized carbons (Fsp3) is 0.0526. The van der Waals surface area contributed by atoms with E-state index in [1.165, 1.54) is 5.56 Å². The number of rotatable bonds is 7. The van der Waals surface area contributed by atoms with Gasteiger partial charge in [-0.25, -0.2) is 92.8 Å². The Kier molecular flexibility index (Phi) is 12.7. The van der Waals surface area contributed by atoms with Crippen LogP contribution in [0.5, 0.6) is 0 Å². The molecule has 0 saturated carbocycles. The normalized spacial score (nSPS) is 11.5. The number of hydrogen-bond donors (Lipinski definition) is 0. The van der Waals surface area contributed by atoms with E-state index < -0.39 is 144 Å². The third kappa shape index (κ3) is 7.32. The first-order valence-electron chi connectivity index (χ1n) is 16.2. The monoisotopic (exact) mass is 890 g/mol. The summed E-state index contributed by atoms with van der Waals surface area (Å²) >= 11 is 0. The summed E-state index contributed by atoms with van der Waals surface area (Å²) in [5, 5.41) is 0. The molecule has 0 saturated heterocycles. The number of hydrogen-bond acceptors (Lipinski definition) is 1. The lowest BCUT2D eigenvalue weighted by Crippen LogP contribution is -2.81. The van der Waals surface area contributed by atoms with Crippen molar-refractivity contribution in [2.45, 2.75) is 13.5 Å². The van der Waals surface area contributed by atoms with Crippen LogP contribution < -0.4 is 26.4 Å². The highest BCUT2D eigenvalue weighted by molar-refractivity contribution is 7.20. The average Bonchev–Trinajstić information content (AvgIpc) is 3.24. The molecule has 1 heterocycles. The molecule has 0 bridgehead atoms. The summed E-state index contributed by atoms with van der Waals surface area (Å²) in [5.41, 5.74) is -11.1. The summed E-state index contributed by atoms with van der Waals surface area (Å²) in [5.74, 6) is -71.4. The quantitative estimate of drug-likeness (QED) is 0.0519. The van der Waals surface area contributed by atoms with Gasteiger partial charge in [-0.3, -0.25) is 0 Å². The molecule has 0 aliphatic rings. The zero-order valence-corrected chi connectivity index (χ0v) is 29.6. The third-order valence-electron chi connectivity index (χ3n) is 9.11. The smallest absolute Gasteiger partial charge is 0.200 e. The van der Waals surface area contributed by atoms with Crippen molar-refractivity contribution >= 4 is 33.6 Å². The molecule has 2 nitrogen and oxygen atoms in total. The van der Waals surface area contributed by atoms with E-state index in [0.717, 1.165) is 17.8 Å². The molecular weight excluding hydrogens is 875 g/mol. The third-order valence-corrected chi connectivity index (χ3v) is 9.11. The molecule has 0 radical (unpaired) electrons. The van der Waals surface area contributed by atoms with Gasteiger partial charge in [-0.15, -0.1) is 21.9 Å². The minimum Gasteiger partial charge on any atom is -0.244 e. The van der Waals surface area contributed by atoms with Crippen LogP contribution in [0.2, 0.25) is 0 Å². The maximum absolute atomic E-state index is 15.4. The number of benzene rings is 5. The second-order valence-electron chi connectivity index (χ2n) is 12.7. The molecule has 6 rings (SSSR count). The van der Waals surface area contributed by atoms with E-state index in [1.54, 1.807) is 0 Å². The van der Waals surface area contributed by atoms with Gasteiger partial charge in [-0.1, -0.05) is 36.9 Å². The Hall–Kier alpha value is -6.42. The molecule has 6 aromatic rings. The van der Waals surface area contributed by atoms with Crippen molar-refractivity contribution in [3.63, 3.8) is 0 Å². The van der Waals surface area contributed by atoms with Crippen LogP contribution in [0.4, 0.5) is 87.8 Å². The van der Waals surface area contributed by atoms with Gasteiger partial charge >= 0.3 is 0 Å². The van der Waals surface area contributed by atoms with Crippen LogP contribution >= 0.6 is 0 Å². The fourth-order valence-corrected chi connectivity index (χ4v) is 6.42. The summed E-state index contributed by atoms with van der Waals surface area (Å²) < 4.78 is 296. The summed E-state index contributed by atoms with van der Waals surface area (Å²) in [6.45, 7) is 6.73. The average molecular weight is 890 g/mol. The molecule has 5 aromatic carbocycles. The molecule has 0 N–H and O–H groups in total. The van der Waals surface area contributed by atoms with Gasteiger partial charge in [-0.05, 0) is 12.5 Å². The lowest BCUT2D eigenvalue weighted by atomic mass is 9.12. The maximum atomic E-state index is 15.4. The van der Waals surface area contributed by atoms with Gasteiger partial charge in [0.2, 0.25) is 0 Å². The molecule has 0 fully saturated rings. The van der Waals surface area contributed by atoms with Crippen molar-refractivity contribution < 1.29 is 92.4 Å². The molecule has 0 aliphatic heterocycles. The number of nitrogens with zero attached hydrogens (tertiary/aromatic N) is 2. The molecule has 0 atom stereocenters. The van der Waals surface area contributed by atoms with Gasteiger partial charge in [0.25, 0.3) is 0 Å². The van der Waals surface area contributed by atoms with Gasteiger partial charge in [0.15, 0.2) is 88.7 Å². The SMILES string of the molecule is C=C(C)c1c[n+](Cc2ccccc2)ccn1.Fc1c(F)c(F)c([B-](c2c(F)c(F)c(F)c(F)c2F)(c2c(F)c(F)c(F)c(F)c2F)c2c(F)c(F)c(F)c(F)c2F)c(F)c1F. The van der Waals surface area contributed by atoms with Crippen molar-refractivity contribution in [1.82, 2.24) is 4.98 Å². The van der Waals surface area contributed by atoms with Crippen molar-refractivity contribution in [2.24, 2.45) is 0 Å². The van der Waals surface area contributed by atoms with Crippen molar-refractivity contribution in [3.05, 3.63) is 183 Å². The highest BCUT2D eigenvalue weighted by atomic mass is 19.2. The molecule has 1 aromatic heterocycles. The summed E-state index contributed by atoms with van der Waals surface area (Å²) in [6, 6.07) is 10.4. The van der Waals surface area contributed by atoms with Gasteiger partial charge < -0.3 is 0 Å². The highest BCUT2D eigenvalue weighted by Gasteiger charge is 2.52. The second kappa shape index (κ2) is 16.9. The lowest BCUT2D eigenvalue weighted by Gasteiger charge is -2.44. The molecule has 23 heteroatoms. The Morgan fingerprint density at radius 2 is 0.705 bits per heavy atom. The molecule has 61 heavy (non-hydrogen) atoms. The van der Waals surface area contributed by atoms with Crippen LogP contribution in [0.1, 0.15) is 18.2 Å². The van der Waals surface area contributed by atoms with E-state index in [9.17, 15) is 52.7 Å². The van der Waals surface area contributed by atoms with E-state index in [4.69, 9.17) is 0 Å². The first-order chi connectivity index (χ1) is 28.5. The topological polar surface area (TPSA) is 16.8 Å². The van der Waals surface area contributed by atoms with Crippen LogP contribution in [-0.2, 0) is 6.54 Å². The van der Waals surface area contributed by atoms with Crippen LogP contribution in [0.15, 0.2) is 55.5 Å². The lowest BCUT2D eigenvalue weighted by molar-refractivity contribution is -0.689. The van der Waals surface area contributed by atoms with Gasteiger partial charge in [-0.2, -0.15) is 4.57 Å². The minimum absolute atomic E-state index is 0.865. The largest absolute Gasteiger partial charge is 0.244 e. The predicted octanol–water partition coefficient (Wildman–Crippen LogP) is 8.30. The number of aromatic nitrogens is 2. The van der Waals surface area contributed by atoms with Gasteiger partial charge in [0.05, 0.1) is 6.20 Å². The Morgan fingerprint density at radius 3 is 0.967 bits per heavy atom. The molecular formula is C38H15BF20N2. The van der Waals surface area contributed by atoms with Gasteiger partial charge in [0, 0.05) is 5.56 Å². The molecule has 320 valence electrons. The van der Waals surface area contributed by atoms with E-state index in [1.807, 2.05) is 31.6 Å². The second-order valence-corrected chi connectivity index (χ2v) is 12.7. The number of halogens is 20. The summed E-state index contributed by atoms with van der Waals surface area (Å²) in [4.78, 5) is 4.26. The van der Waals surface area contributed by atoms with E-state index in [-0.39, 0.29) is 0 Å². The fourth-order valence-electron chi connectivity index (χ4n) is 6.42.